The number of hydrazine groups is 1. The Morgan fingerprint density at radius 1 is 1.12 bits per heavy atom. The maximum atomic E-state index is 13.4. The lowest BCUT2D eigenvalue weighted by atomic mass is 9.95. The highest BCUT2D eigenvalue weighted by Gasteiger charge is 2.26. The van der Waals surface area contributed by atoms with Gasteiger partial charge in [0.05, 0.1) is 35.0 Å². The van der Waals surface area contributed by atoms with Gasteiger partial charge in [-0.3, -0.25) is 16.4 Å². The van der Waals surface area contributed by atoms with Gasteiger partial charge in [-0.1, -0.05) is 31.4 Å². The third kappa shape index (κ3) is 5.70. The van der Waals surface area contributed by atoms with Crippen LogP contribution < -0.4 is 22.0 Å². The molecule has 10 heteroatoms. The molecule has 2 aromatic heterocycles. The van der Waals surface area contributed by atoms with Crippen LogP contribution in [0.2, 0.25) is 0 Å². The molecular formula is C30H35N6O4+. The molecule has 0 radical (unpaired) electrons. The number of aromatic nitrogens is 2. The Morgan fingerprint density at radius 2 is 1.88 bits per heavy atom. The lowest BCUT2D eigenvalue weighted by molar-refractivity contribution is -0.469. The number of hydrogen-bond acceptors (Lipinski definition) is 6. The van der Waals surface area contributed by atoms with Gasteiger partial charge >= 0.3 is 5.97 Å². The normalized spacial score (nSPS) is 15.2. The summed E-state index contributed by atoms with van der Waals surface area (Å²) < 4.78 is 12.9. The number of fused-ring (bicyclic) bond motifs is 1. The van der Waals surface area contributed by atoms with E-state index in [2.05, 4.69) is 15.0 Å². The molecule has 4 aromatic rings. The molecule has 1 fully saturated rings. The SMILES string of the molecule is CCOC(=O)[C@H](Cc1ccc(/C(N)=[NH+]/N)cc1)NC(=O)c1ccc2c(c1)nc(-c1ccoc1)n2C1CCCCC1. The largest absolute Gasteiger partial charge is 0.472 e. The molecular weight excluding hydrogens is 508 g/mol. The summed E-state index contributed by atoms with van der Waals surface area (Å²) in [7, 11) is 0. The summed E-state index contributed by atoms with van der Waals surface area (Å²) in [5.74, 6) is 5.67. The van der Waals surface area contributed by atoms with Gasteiger partial charge in [0.15, 0.2) is 0 Å². The van der Waals surface area contributed by atoms with Gasteiger partial charge in [-0.2, -0.15) is 5.10 Å². The summed E-state index contributed by atoms with van der Waals surface area (Å²) in [4.78, 5) is 31.1. The van der Waals surface area contributed by atoms with E-state index in [4.69, 9.17) is 25.7 Å². The first kappa shape index (κ1) is 27.0. The number of nitrogens with zero attached hydrogens (tertiary/aromatic N) is 2. The second kappa shape index (κ2) is 12.1. The van der Waals surface area contributed by atoms with E-state index in [-0.39, 0.29) is 18.9 Å². The van der Waals surface area contributed by atoms with Crippen LogP contribution in [0.15, 0.2) is 65.5 Å². The molecule has 0 saturated heterocycles. The Balaban J connectivity index is 1.41. The molecule has 0 bridgehead atoms. The fraction of sp³-hybridized carbons (Fsp3) is 0.333. The van der Waals surface area contributed by atoms with Crippen molar-refractivity contribution < 1.29 is 23.8 Å². The van der Waals surface area contributed by atoms with Gasteiger partial charge in [-0.05, 0) is 61.7 Å². The Labute approximate surface area is 232 Å². The van der Waals surface area contributed by atoms with Crippen molar-refractivity contribution in [3.05, 3.63) is 77.7 Å². The second-order valence-electron chi connectivity index (χ2n) is 10.0. The molecule has 6 N–H and O–H groups in total. The minimum Gasteiger partial charge on any atom is -0.472 e. The van der Waals surface area contributed by atoms with Crippen molar-refractivity contribution in [3.63, 3.8) is 0 Å². The van der Waals surface area contributed by atoms with Crippen molar-refractivity contribution in [1.29, 1.82) is 0 Å². The molecule has 1 atom stereocenters. The predicted octanol–water partition coefficient (Wildman–Crippen LogP) is 2.37. The molecule has 5 rings (SSSR count). The smallest absolute Gasteiger partial charge is 0.328 e. The number of hydrazone groups is 1. The summed E-state index contributed by atoms with van der Waals surface area (Å²) in [6, 6.07) is 14.1. The number of carbonyl (C=O) groups is 2. The Morgan fingerprint density at radius 3 is 2.55 bits per heavy atom. The molecule has 1 aliphatic rings. The highest BCUT2D eigenvalue weighted by Crippen LogP contribution is 2.36. The third-order valence-corrected chi connectivity index (χ3v) is 7.41. The molecule has 0 spiro atoms. The summed E-state index contributed by atoms with van der Waals surface area (Å²) in [6.07, 6.45) is 9.39. The molecule has 1 saturated carbocycles. The first-order valence-corrected chi connectivity index (χ1v) is 13.7. The van der Waals surface area contributed by atoms with Gasteiger partial charge in [0.25, 0.3) is 11.7 Å². The van der Waals surface area contributed by atoms with Crippen molar-refractivity contribution in [1.82, 2.24) is 14.9 Å². The Kier molecular flexibility index (Phi) is 8.14. The average molecular weight is 544 g/mol. The zero-order chi connectivity index (χ0) is 28.1. The van der Waals surface area contributed by atoms with E-state index in [0.717, 1.165) is 46.4 Å². The van der Waals surface area contributed by atoms with E-state index in [1.165, 1.54) is 19.3 Å². The zero-order valence-corrected chi connectivity index (χ0v) is 22.6. The third-order valence-electron chi connectivity index (χ3n) is 7.41. The van der Waals surface area contributed by atoms with Crippen LogP contribution in [0, 0.1) is 0 Å². The lowest BCUT2D eigenvalue weighted by Gasteiger charge is -2.25. The molecule has 2 heterocycles. The number of hydrogen-bond donors (Lipinski definition) is 4. The number of nitrogens with two attached hydrogens (primary N) is 2. The maximum Gasteiger partial charge on any atom is 0.328 e. The van der Waals surface area contributed by atoms with E-state index in [1.54, 1.807) is 43.7 Å². The van der Waals surface area contributed by atoms with Gasteiger partial charge in [-0.25, -0.2) is 9.78 Å². The fourth-order valence-corrected chi connectivity index (χ4v) is 5.36. The molecule has 10 nitrogen and oxygen atoms in total. The Hall–Kier alpha value is -4.60. The average Bonchev–Trinajstić information content (AvgIpc) is 3.65. The van der Waals surface area contributed by atoms with Crippen LogP contribution in [0.4, 0.5) is 0 Å². The number of benzene rings is 2. The summed E-state index contributed by atoms with van der Waals surface area (Å²) >= 11 is 0. The number of rotatable bonds is 9. The van der Waals surface area contributed by atoms with Crippen molar-refractivity contribution in [2.75, 3.05) is 6.61 Å². The monoisotopic (exact) mass is 543 g/mol. The summed E-state index contributed by atoms with van der Waals surface area (Å²) in [5, 5.41) is 5.28. The van der Waals surface area contributed by atoms with E-state index in [0.29, 0.717) is 17.4 Å². The van der Waals surface area contributed by atoms with Crippen LogP contribution in [0.25, 0.3) is 22.4 Å². The second-order valence-corrected chi connectivity index (χ2v) is 10.0. The van der Waals surface area contributed by atoms with Crippen molar-refractivity contribution in [2.24, 2.45) is 11.6 Å². The minimum atomic E-state index is -0.871. The minimum absolute atomic E-state index is 0.207. The predicted molar refractivity (Wildman–Crippen MR) is 151 cm³/mol. The van der Waals surface area contributed by atoms with Gasteiger partial charge in [0.1, 0.15) is 18.1 Å². The standard InChI is InChI=1S/C30H34N6O4/c1-2-40-30(38)25(16-19-8-10-20(11-9-19)27(31)35-32)34-29(37)21-12-13-26-24(17-21)33-28(22-14-15-39-18-22)36(26)23-6-4-3-5-7-23/h8-15,17-18,23,25H,2-7,16,32H2,1H3,(H2,31,35)(H,34,37)/p+1/t25-/m0/s1. The van der Waals surface area contributed by atoms with E-state index >= 15 is 0 Å². The number of nitrogens with one attached hydrogen (secondary N) is 2. The zero-order valence-electron chi connectivity index (χ0n) is 22.6. The molecule has 208 valence electrons. The molecule has 2 aromatic carbocycles. The van der Waals surface area contributed by atoms with Crippen molar-refractivity contribution in [2.45, 2.75) is 57.5 Å². The van der Waals surface area contributed by atoms with Gasteiger partial charge < -0.3 is 19.0 Å². The molecule has 0 unspecified atom stereocenters. The number of ether oxygens (including phenoxy) is 1. The molecule has 1 aliphatic carbocycles. The van der Waals surface area contributed by atoms with Crippen molar-refractivity contribution >= 4 is 28.7 Å². The quantitative estimate of drug-likeness (QED) is 0.0831. The van der Waals surface area contributed by atoms with Crippen LogP contribution >= 0.6 is 0 Å². The van der Waals surface area contributed by atoms with E-state index < -0.39 is 12.0 Å². The van der Waals surface area contributed by atoms with Crippen LogP contribution in [-0.4, -0.2) is 39.9 Å². The first-order chi connectivity index (χ1) is 19.5. The highest BCUT2D eigenvalue weighted by molar-refractivity contribution is 6.00. The number of esters is 1. The van der Waals surface area contributed by atoms with Gasteiger partial charge in [0.2, 0.25) is 0 Å². The van der Waals surface area contributed by atoms with Crippen LogP contribution in [0.5, 0.6) is 0 Å². The van der Waals surface area contributed by atoms with Crippen molar-refractivity contribution in [3.8, 4) is 11.4 Å². The number of carbonyl (C=O) groups excluding carboxylic acids is 2. The number of nitrogen functional groups attached to an aromatic ring is 1. The number of amides is 1. The lowest BCUT2D eigenvalue weighted by Crippen LogP contribution is -2.82. The topological polar surface area (TPSA) is 152 Å². The maximum absolute atomic E-state index is 13.4. The summed E-state index contributed by atoms with van der Waals surface area (Å²) in [5.41, 5.74) is 10.4. The fourth-order valence-electron chi connectivity index (χ4n) is 5.36. The molecule has 0 aliphatic heterocycles. The van der Waals surface area contributed by atoms with Crippen LogP contribution in [-0.2, 0) is 16.0 Å². The van der Waals surface area contributed by atoms with Gasteiger partial charge in [0, 0.05) is 18.0 Å². The van der Waals surface area contributed by atoms with Crippen LogP contribution in [0.1, 0.15) is 66.6 Å². The van der Waals surface area contributed by atoms with E-state index in [9.17, 15) is 9.59 Å². The number of amidine groups is 1. The Bertz CT molecular complexity index is 1500. The van der Waals surface area contributed by atoms with Gasteiger partial charge in [-0.15, -0.1) is 0 Å². The number of imidazole rings is 1. The van der Waals surface area contributed by atoms with Crippen LogP contribution in [0.3, 0.4) is 0 Å². The van der Waals surface area contributed by atoms with E-state index in [1.807, 2.05) is 24.3 Å². The number of furan rings is 1. The molecule has 1 amide bonds. The highest BCUT2D eigenvalue weighted by atomic mass is 16.5. The molecule has 40 heavy (non-hydrogen) atoms. The first-order valence-electron chi connectivity index (χ1n) is 13.7. The summed E-state index contributed by atoms with van der Waals surface area (Å²) in [6.45, 7) is 1.94.